The zero-order chi connectivity index (χ0) is 22.2. The number of aryl methyl sites for hydroxylation is 1. The summed E-state index contributed by atoms with van der Waals surface area (Å²) in [4.78, 5) is 45.2. The van der Waals surface area contributed by atoms with E-state index in [0.29, 0.717) is 12.3 Å². The Morgan fingerprint density at radius 1 is 1.20 bits per heavy atom. The molecule has 2 amide bonds. The Labute approximate surface area is 167 Å². The minimum absolute atomic E-state index is 0.214. The van der Waals surface area contributed by atoms with Crippen LogP contribution < -0.4 is 16.3 Å². The van der Waals surface area contributed by atoms with Crippen molar-refractivity contribution in [1.29, 1.82) is 0 Å². The van der Waals surface area contributed by atoms with E-state index in [1.54, 1.807) is 11.6 Å². The van der Waals surface area contributed by atoms with Gasteiger partial charge in [-0.15, -0.1) is 0 Å². The van der Waals surface area contributed by atoms with E-state index in [4.69, 9.17) is 9.90 Å². The molecule has 2 saturated heterocycles. The maximum Gasteiger partial charge on any atom is 0.490 e. The van der Waals surface area contributed by atoms with Gasteiger partial charge in [0.15, 0.2) is 0 Å². The van der Waals surface area contributed by atoms with Crippen LogP contribution in [0.1, 0.15) is 30.4 Å². The van der Waals surface area contributed by atoms with Crippen LogP contribution in [0.3, 0.4) is 0 Å². The highest BCUT2D eigenvalue weighted by Crippen LogP contribution is 2.30. The summed E-state index contributed by atoms with van der Waals surface area (Å²) in [6, 6.07) is 5.22. The number of nitrogens with zero attached hydrogens (tertiary/aromatic N) is 2. The van der Waals surface area contributed by atoms with Gasteiger partial charge in [0.25, 0.3) is 0 Å². The molecular formula is C18H19F3N4O5. The van der Waals surface area contributed by atoms with Gasteiger partial charge in [-0.25, -0.2) is 9.59 Å². The molecule has 0 saturated carbocycles. The van der Waals surface area contributed by atoms with Crippen LogP contribution >= 0.6 is 0 Å². The summed E-state index contributed by atoms with van der Waals surface area (Å²) in [5, 5.41) is 12.7. The fraction of sp³-hybridized carbons (Fsp3) is 0.444. The number of imidazole rings is 1. The molecule has 2 aliphatic heterocycles. The first-order valence-corrected chi connectivity index (χ1v) is 9.06. The van der Waals surface area contributed by atoms with Crippen molar-refractivity contribution in [2.24, 2.45) is 7.05 Å². The van der Waals surface area contributed by atoms with E-state index in [1.807, 2.05) is 18.2 Å². The largest absolute Gasteiger partial charge is 0.490 e. The van der Waals surface area contributed by atoms with E-state index in [2.05, 4.69) is 10.6 Å². The van der Waals surface area contributed by atoms with Gasteiger partial charge in [0.2, 0.25) is 11.8 Å². The van der Waals surface area contributed by atoms with Gasteiger partial charge in [0.1, 0.15) is 6.04 Å². The third kappa shape index (κ3) is 3.95. The molecule has 1 atom stereocenters. The number of hydrogen-bond donors (Lipinski definition) is 3. The number of alkyl halides is 3. The van der Waals surface area contributed by atoms with Crippen molar-refractivity contribution in [3.8, 4) is 0 Å². The minimum atomic E-state index is -5.08. The molecule has 2 aliphatic rings. The molecular weight excluding hydrogens is 409 g/mol. The van der Waals surface area contributed by atoms with Gasteiger partial charge in [-0.05, 0) is 18.1 Å². The number of amides is 2. The SMILES string of the molecule is Cn1c(=O)n(C2CCC(=O)NC2=O)c2cccc(C3CNC3)c21.O=C(O)C(F)(F)F. The van der Waals surface area contributed by atoms with Crippen LogP contribution in [0, 0.1) is 0 Å². The van der Waals surface area contributed by atoms with Crippen LogP contribution in [0.15, 0.2) is 23.0 Å². The summed E-state index contributed by atoms with van der Waals surface area (Å²) < 4.78 is 34.9. The summed E-state index contributed by atoms with van der Waals surface area (Å²) in [6.07, 6.45) is -4.47. The van der Waals surface area contributed by atoms with Crippen molar-refractivity contribution in [1.82, 2.24) is 19.8 Å². The topological polar surface area (TPSA) is 122 Å². The number of piperidine rings is 1. The van der Waals surface area contributed by atoms with Gasteiger partial charge in [-0.2, -0.15) is 13.2 Å². The molecule has 30 heavy (non-hydrogen) atoms. The first kappa shape index (κ1) is 21.6. The number of halogens is 3. The molecule has 162 valence electrons. The second kappa shape index (κ2) is 7.94. The van der Waals surface area contributed by atoms with Crippen LogP contribution in [-0.2, 0) is 21.4 Å². The van der Waals surface area contributed by atoms with Crippen molar-refractivity contribution < 1.29 is 32.7 Å². The number of nitrogens with one attached hydrogen (secondary N) is 2. The molecule has 3 heterocycles. The lowest BCUT2D eigenvalue weighted by Crippen LogP contribution is -2.44. The fourth-order valence-corrected chi connectivity index (χ4v) is 3.54. The molecule has 2 fully saturated rings. The standard InChI is InChI=1S/C16H18N4O3.C2HF3O2/c1-19-14-10(9-7-17-8-9)3-2-4-11(14)20(16(19)23)12-5-6-13(21)18-15(12)22;3-2(4,5)1(6)7/h2-4,9,12,17H,5-8H2,1H3,(H,18,21,22);(H,6,7). The van der Waals surface area contributed by atoms with Gasteiger partial charge >= 0.3 is 17.8 Å². The average Bonchev–Trinajstić information content (AvgIpc) is 2.86. The van der Waals surface area contributed by atoms with Crippen molar-refractivity contribution in [2.45, 2.75) is 31.0 Å². The number of benzene rings is 1. The van der Waals surface area contributed by atoms with Crippen molar-refractivity contribution in [3.05, 3.63) is 34.2 Å². The smallest absolute Gasteiger partial charge is 0.475 e. The summed E-state index contributed by atoms with van der Waals surface area (Å²) in [5.41, 5.74) is 2.56. The highest BCUT2D eigenvalue weighted by atomic mass is 19.4. The maximum atomic E-state index is 12.7. The van der Waals surface area contributed by atoms with Gasteiger partial charge in [-0.3, -0.25) is 24.0 Å². The number of rotatable bonds is 2. The summed E-state index contributed by atoms with van der Waals surface area (Å²) >= 11 is 0. The highest BCUT2D eigenvalue weighted by Gasteiger charge is 2.38. The van der Waals surface area contributed by atoms with Gasteiger partial charge in [-0.1, -0.05) is 12.1 Å². The molecule has 1 unspecified atom stereocenters. The van der Waals surface area contributed by atoms with E-state index in [0.717, 1.165) is 29.7 Å². The number of imide groups is 1. The number of aromatic nitrogens is 2. The van der Waals surface area contributed by atoms with E-state index in [-0.39, 0.29) is 18.0 Å². The van der Waals surface area contributed by atoms with E-state index < -0.39 is 24.1 Å². The first-order chi connectivity index (χ1) is 14.0. The zero-order valence-electron chi connectivity index (χ0n) is 15.8. The number of carbonyl (C=O) groups is 3. The van der Waals surface area contributed by atoms with Crippen LogP contribution in [-0.4, -0.2) is 51.3 Å². The predicted molar refractivity (Wildman–Crippen MR) is 97.9 cm³/mol. The molecule has 1 aromatic heterocycles. The predicted octanol–water partition coefficient (Wildman–Crippen LogP) is 0.638. The van der Waals surface area contributed by atoms with Crippen LogP contribution in [0.4, 0.5) is 13.2 Å². The monoisotopic (exact) mass is 428 g/mol. The Kier molecular flexibility index (Phi) is 5.70. The quantitative estimate of drug-likeness (QED) is 0.604. The number of carboxylic acids is 1. The Hall–Kier alpha value is -3.15. The molecule has 4 rings (SSSR count). The summed E-state index contributed by atoms with van der Waals surface area (Å²) in [6.45, 7) is 1.80. The van der Waals surface area contributed by atoms with Gasteiger partial charge in [0, 0.05) is 32.5 Å². The molecule has 0 radical (unpaired) electrons. The molecule has 0 spiro atoms. The van der Waals surface area contributed by atoms with Crippen molar-refractivity contribution in [2.75, 3.05) is 13.1 Å². The molecule has 3 N–H and O–H groups in total. The van der Waals surface area contributed by atoms with Gasteiger partial charge in [0.05, 0.1) is 11.0 Å². The molecule has 1 aromatic carbocycles. The Morgan fingerprint density at radius 2 is 1.83 bits per heavy atom. The summed E-state index contributed by atoms with van der Waals surface area (Å²) in [7, 11) is 1.74. The molecule has 0 aliphatic carbocycles. The fourth-order valence-electron chi connectivity index (χ4n) is 3.54. The summed E-state index contributed by atoms with van der Waals surface area (Å²) in [5.74, 6) is -3.04. The second-order valence-corrected chi connectivity index (χ2v) is 7.05. The number of aliphatic carboxylic acids is 1. The number of para-hydroxylation sites is 1. The number of hydrogen-bond acceptors (Lipinski definition) is 5. The molecule has 9 nitrogen and oxygen atoms in total. The average molecular weight is 428 g/mol. The van der Waals surface area contributed by atoms with Crippen molar-refractivity contribution >= 4 is 28.8 Å². The van der Waals surface area contributed by atoms with Crippen LogP contribution in [0.2, 0.25) is 0 Å². The van der Waals surface area contributed by atoms with E-state index >= 15 is 0 Å². The number of carboxylic acid groups (broad SMARTS) is 1. The lowest BCUT2D eigenvalue weighted by atomic mass is 9.92. The maximum absolute atomic E-state index is 12.7. The lowest BCUT2D eigenvalue weighted by Gasteiger charge is -2.28. The van der Waals surface area contributed by atoms with Crippen LogP contribution in [0.25, 0.3) is 11.0 Å². The van der Waals surface area contributed by atoms with Crippen LogP contribution in [0.5, 0.6) is 0 Å². The zero-order valence-corrected chi connectivity index (χ0v) is 15.8. The Bertz CT molecular complexity index is 1070. The lowest BCUT2D eigenvalue weighted by molar-refractivity contribution is -0.192. The number of fused-ring (bicyclic) bond motifs is 1. The third-order valence-corrected chi connectivity index (χ3v) is 5.12. The highest BCUT2D eigenvalue weighted by molar-refractivity contribution is 6.00. The normalized spacial score (nSPS) is 19.7. The Balaban J connectivity index is 0.000000318. The van der Waals surface area contributed by atoms with E-state index in [9.17, 15) is 27.6 Å². The molecule has 12 heteroatoms. The van der Waals surface area contributed by atoms with E-state index in [1.165, 1.54) is 4.57 Å². The molecule has 2 aromatic rings. The molecule has 0 bridgehead atoms. The number of carbonyl (C=O) groups excluding carboxylic acids is 2. The first-order valence-electron chi connectivity index (χ1n) is 9.06. The third-order valence-electron chi connectivity index (χ3n) is 5.12. The second-order valence-electron chi connectivity index (χ2n) is 7.05. The Morgan fingerprint density at radius 3 is 2.33 bits per heavy atom. The minimum Gasteiger partial charge on any atom is -0.475 e. The van der Waals surface area contributed by atoms with Gasteiger partial charge < -0.3 is 10.4 Å². The van der Waals surface area contributed by atoms with Crippen molar-refractivity contribution in [3.63, 3.8) is 0 Å².